The zero-order valence-electron chi connectivity index (χ0n) is 15.8. The molecule has 0 amide bonds. The summed E-state index contributed by atoms with van der Waals surface area (Å²) in [5, 5.41) is 3.43. The molecular weight excluding hydrogens is 328 g/mol. The lowest BCUT2D eigenvalue weighted by Gasteiger charge is -2.35. The van der Waals surface area contributed by atoms with Crippen LogP contribution in [0.25, 0.3) is 0 Å². The Labute approximate surface area is 155 Å². The van der Waals surface area contributed by atoms with Gasteiger partial charge in [-0.05, 0) is 42.3 Å². The summed E-state index contributed by atoms with van der Waals surface area (Å²) in [5.41, 5.74) is 2.45. The fourth-order valence-corrected chi connectivity index (χ4v) is 3.49. The highest BCUT2D eigenvalue weighted by atomic mass is 16.5. The van der Waals surface area contributed by atoms with E-state index in [0.717, 1.165) is 43.4 Å². The third-order valence-corrected chi connectivity index (χ3v) is 4.75. The Kier molecular flexibility index (Phi) is 6.36. The van der Waals surface area contributed by atoms with Gasteiger partial charge in [-0.25, -0.2) is 0 Å². The van der Waals surface area contributed by atoms with E-state index in [-0.39, 0.29) is 6.04 Å². The maximum Gasteiger partial charge on any atom is 0.161 e. The second-order valence-corrected chi connectivity index (χ2v) is 6.30. The summed E-state index contributed by atoms with van der Waals surface area (Å²) in [6.07, 6.45) is 0. The first-order valence-corrected chi connectivity index (χ1v) is 9.16. The molecule has 3 rings (SSSR count). The van der Waals surface area contributed by atoms with Crippen LogP contribution >= 0.6 is 0 Å². The van der Waals surface area contributed by atoms with Crippen LogP contribution in [0.15, 0.2) is 42.5 Å². The first-order valence-electron chi connectivity index (χ1n) is 9.16. The predicted molar refractivity (Wildman–Crippen MR) is 103 cm³/mol. The molecule has 1 N–H and O–H groups in total. The lowest BCUT2D eigenvalue weighted by molar-refractivity contribution is 0.198. The van der Waals surface area contributed by atoms with E-state index in [1.165, 1.54) is 11.1 Å². The van der Waals surface area contributed by atoms with Crippen molar-refractivity contribution in [1.82, 2.24) is 10.2 Å². The molecule has 0 bridgehead atoms. The summed E-state index contributed by atoms with van der Waals surface area (Å²) in [5.74, 6) is 2.42. The van der Waals surface area contributed by atoms with E-state index in [2.05, 4.69) is 46.6 Å². The minimum atomic E-state index is 0.174. The fourth-order valence-electron chi connectivity index (χ4n) is 3.49. The van der Waals surface area contributed by atoms with Crippen molar-refractivity contribution in [1.29, 1.82) is 0 Å². The van der Waals surface area contributed by atoms with Gasteiger partial charge in [-0.2, -0.15) is 0 Å². The summed E-state index contributed by atoms with van der Waals surface area (Å²) in [4.78, 5) is 2.51. The summed E-state index contributed by atoms with van der Waals surface area (Å²) in [6.45, 7) is 6.69. The van der Waals surface area contributed by atoms with Gasteiger partial charge < -0.3 is 19.5 Å². The fraction of sp³-hybridized carbons (Fsp3) is 0.429. The van der Waals surface area contributed by atoms with Gasteiger partial charge in [0.1, 0.15) is 5.75 Å². The van der Waals surface area contributed by atoms with Crippen molar-refractivity contribution in [3.05, 3.63) is 53.6 Å². The predicted octanol–water partition coefficient (Wildman–Crippen LogP) is 3.10. The minimum absolute atomic E-state index is 0.174. The highest BCUT2D eigenvalue weighted by Gasteiger charge is 2.25. The molecule has 0 radical (unpaired) electrons. The van der Waals surface area contributed by atoms with Gasteiger partial charge >= 0.3 is 0 Å². The number of benzene rings is 2. The van der Waals surface area contributed by atoms with Crippen LogP contribution in [0.3, 0.4) is 0 Å². The van der Waals surface area contributed by atoms with Gasteiger partial charge in [0.2, 0.25) is 0 Å². The number of ether oxygens (including phenoxy) is 3. The van der Waals surface area contributed by atoms with Crippen molar-refractivity contribution in [2.24, 2.45) is 0 Å². The molecular formula is C21H28N2O3. The largest absolute Gasteiger partial charge is 0.494 e. The number of nitrogens with one attached hydrogen (secondary N) is 1. The molecule has 2 aromatic carbocycles. The second-order valence-electron chi connectivity index (χ2n) is 6.30. The normalized spacial score (nSPS) is 16.1. The number of hydrogen-bond donors (Lipinski definition) is 1. The van der Waals surface area contributed by atoms with Crippen LogP contribution < -0.4 is 19.5 Å². The van der Waals surface area contributed by atoms with Gasteiger partial charge in [-0.3, -0.25) is 4.90 Å². The van der Waals surface area contributed by atoms with Gasteiger partial charge in [0.15, 0.2) is 11.5 Å². The standard InChI is InChI=1S/C21H28N2O3/c1-4-26-18-8-5-16(6-9-18)21(23-13-11-22-12-14-23)17-7-10-19(24-2)20(15-17)25-3/h5-10,15,21-22H,4,11-14H2,1-3H3. The molecule has 1 fully saturated rings. The molecule has 2 aromatic rings. The molecule has 1 aliphatic heterocycles. The van der Waals surface area contributed by atoms with E-state index in [4.69, 9.17) is 14.2 Å². The smallest absolute Gasteiger partial charge is 0.161 e. The molecule has 5 nitrogen and oxygen atoms in total. The Balaban J connectivity index is 1.97. The first kappa shape index (κ1) is 18.5. The first-order chi connectivity index (χ1) is 12.8. The molecule has 1 heterocycles. The number of methoxy groups -OCH3 is 2. The third kappa shape index (κ3) is 4.11. The topological polar surface area (TPSA) is 43.0 Å². The summed E-state index contributed by atoms with van der Waals surface area (Å²) < 4.78 is 16.5. The maximum atomic E-state index is 5.60. The van der Waals surface area contributed by atoms with E-state index in [1.807, 2.05) is 13.0 Å². The molecule has 0 aromatic heterocycles. The molecule has 0 aliphatic carbocycles. The monoisotopic (exact) mass is 356 g/mol. The van der Waals surface area contributed by atoms with Crippen LogP contribution in [-0.2, 0) is 0 Å². The van der Waals surface area contributed by atoms with Crippen molar-refractivity contribution in [3.63, 3.8) is 0 Å². The Morgan fingerprint density at radius 3 is 2.19 bits per heavy atom. The summed E-state index contributed by atoms with van der Waals surface area (Å²) >= 11 is 0. The van der Waals surface area contributed by atoms with Crippen molar-refractivity contribution in [3.8, 4) is 17.2 Å². The van der Waals surface area contributed by atoms with Crippen LogP contribution in [-0.4, -0.2) is 51.9 Å². The minimum Gasteiger partial charge on any atom is -0.494 e. The molecule has 1 aliphatic rings. The Morgan fingerprint density at radius 2 is 1.58 bits per heavy atom. The van der Waals surface area contributed by atoms with Gasteiger partial charge in [0, 0.05) is 26.2 Å². The van der Waals surface area contributed by atoms with Crippen molar-refractivity contribution >= 4 is 0 Å². The number of nitrogens with zero attached hydrogens (tertiary/aromatic N) is 1. The maximum absolute atomic E-state index is 5.60. The molecule has 1 unspecified atom stereocenters. The second kappa shape index (κ2) is 8.92. The van der Waals surface area contributed by atoms with E-state index in [1.54, 1.807) is 14.2 Å². The van der Waals surface area contributed by atoms with Crippen molar-refractivity contribution in [2.45, 2.75) is 13.0 Å². The quantitative estimate of drug-likeness (QED) is 0.826. The molecule has 5 heteroatoms. The number of hydrogen-bond acceptors (Lipinski definition) is 5. The van der Waals surface area contributed by atoms with Crippen LogP contribution in [0.4, 0.5) is 0 Å². The van der Waals surface area contributed by atoms with Gasteiger partial charge in [-0.1, -0.05) is 18.2 Å². The molecule has 0 spiro atoms. The van der Waals surface area contributed by atoms with Gasteiger partial charge in [-0.15, -0.1) is 0 Å². The van der Waals surface area contributed by atoms with Gasteiger partial charge in [0.25, 0.3) is 0 Å². The van der Waals surface area contributed by atoms with Gasteiger partial charge in [0.05, 0.1) is 26.9 Å². The Bertz CT molecular complexity index is 697. The SMILES string of the molecule is CCOc1ccc(C(c2ccc(OC)c(OC)c2)N2CCNCC2)cc1. The molecule has 140 valence electrons. The van der Waals surface area contributed by atoms with Crippen LogP contribution in [0.5, 0.6) is 17.2 Å². The van der Waals surface area contributed by atoms with E-state index in [0.29, 0.717) is 6.61 Å². The van der Waals surface area contributed by atoms with Crippen LogP contribution in [0.1, 0.15) is 24.1 Å². The zero-order chi connectivity index (χ0) is 18.4. The lowest BCUT2D eigenvalue weighted by atomic mass is 9.96. The lowest BCUT2D eigenvalue weighted by Crippen LogP contribution is -2.45. The number of rotatable bonds is 7. The van der Waals surface area contributed by atoms with Crippen molar-refractivity contribution in [2.75, 3.05) is 47.0 Å². The summed E-state index contributed by atoms with van der Waals surface area (Å²) in [7, 11) is 3.34. The van der Waals surface area contributed by atoms with E-state index < -0.39 is 0 Å². The van der Waals surface area contributed by atoms with Crippen LogP contribution in [0, 0.1) is 0 Å². The van der Waals surface area contributed by atoms with Crippen molar-refractivity contribution < 1.29 is 14.2 Å². The highest BCUT2D eigenvalue weighted by molar-refractivity contribution is 5.46. The average Bonchev–Trinajstić information content (AvgIpc) is 2.70. The molecule has 1 atom stereocenters. The number of piperazine rings is 1. The average molecular weight is 356 g/mol. The molecule has 0 saturated carbocycles. The van der Waals surface area contributed by atoms with Crippen LogP contribution in [0.2, 0.25) is 0 Å². The van der Waals surface area contributed by atoms with E-state index in [9.17, 15) is 0 Å². The molecule has 1 saturated heterocycles. The highest BCUT2D eigenvalue weighted by Crippen LogP contribution is 2.35. The third-order valence-electron chi connectivity index (χ3n) is 4.75. The van der Waals surface area contributed by atoms with E-state index >= 15 is 0 Å². The molecule has 26 heavy (non-hydrogen) atoms. The Hall–Kier alpha value is -2.24. The summed E-state index contributed by atoms with van der Waals surface area (Å²) in [6, 6.07) is 14.8. The zero-order valence-corrected chi connectivity index (χ0v) is 15.8. The Morgan fingerprint density at radius 1 is 0.923 bits per heavy atom.